The fourth-order valence-electron chi connectivity index (χ4n) is 2.61. The molecular weight excluding hydrogens is 212 g/mol. The van der Waals surface area contributed by atoms with Crippen LogP contribution in [0.3, 0.4) is 0 Å². The molecule has 0 aromatic heterocycles. The van der Waals surface area contributed by atoms with Crippen LogP contribution in [0, 0.1) is 22.7 Å². The van der Waals surface area contributed by atoms with Crippen LogP contribution in [0.4, 0.5) is 0 Å². The first-order chi connectivity index (χ1) is 8.12. The maximum atomic E-state index is 8.64. The molecule has 17 heavy (non-hydrogen) atoms. The number of nitriles is 1. The molecule has 2 atom stereocenters. The van der Waals surface area contributed by atoms with Crippen molar-refractivity contribution in [2.75, 3.05) is 13.2 Å². The van der Waals surface area contributed by atoms with Crippen LogP contribution in [-0.2, 0) is 4.74 Å². The summed E-state index contributed by atoms with van der Waals surface area (Å²) in [6, 6.07) is 2.78. The topological polar surface area (TPSA) is 45.0 Å². The standard InChI is InChI=1S/C14H24N2O/c1-14(2,7-3-8-15)10-16-12-6-9-17-13(12)11-4-5-11/h11-13,16H,3-7,9-10H2,1-2H3. The van der Waals surface area contributed by atoms with Gasteiger partial charge in [0.05, 0.1) is 12.2 Å². The van der Waals surface area contributed by atoms with Crippen molar-refractivity contribution in [3.05, 3.63) is 0 Å². The Morgan fingerprint density at radius 2 is 2.12 bits per heavy atom. The molecule has 0 spiro atoms. The summed E-state index contributed by atoms with van der Waals surface area (Å²) >= 11 is 0. The van der Waals surface area contributed by atoms with Crippen molar-refractivity contribution in [2.45, 2.75) is 58.1 Å². The van der Waals surface area contributed by atoms with E-state index in [0.29, 0.717) is 18.6 Å². The van der Waals surface area contributed by atoms with Gasteiger partial charge in [0.1, 0.15) is 0 Å². The fraction of sp³-hybridized carbons (Fsp3) is 0.929. The first-order valence-corrected chi connectivity index (χ1v) is 6.84. The molecule has 1 aliphatic carbocycles. The number of ether oxygens (including phenoxy) is 1. The number of hydrogen-bond donors (Lipinski definition) is 1. The second-order valence-corrected chi connectivity index (χ2v) is 6.27. The molecule has 2 rings (SSSR count). The summed E-state index contributed by atoms with van der Waals surface area (Å²) in [5.41, 5.74) is 0.215. The van der Waals surface area contributed by atoms with Crippen LogP contribution in [0.25, 0.3) is 0 Å². The Morgan fingerprint density at radius 3 is 2.76 bits per heavy atom. The van der Waals surface area contributed by atoms with E-state index < -0.39 is 0 Å². The minimum absolute atomic E-state index is 0.215. The minimum Gasteiger partial charge on any atom is -0.376 e. The second kappa shape index (κ2) is 5.37. The summed E-state index contributed by atoms with van der Waals surface area (Å²) in [7, 11) is 0. The lowest BCUT2D eigenvalue weighted by Crippen LogP contribution is -2.42. The zero-order chi connectivity index (χ0) is 12.3. The Labute approximate surface area is 105 Å². The predicted octanol–water partition coefficient (Wildman–Crippen LogP) is 2.47. The number of rotatable bonds is 6. The summed E-state index contributed by atoms with van der Waals surface area (Å²) in [4.78, 5) is 0. The molecule has 2 unspecified atom stereocenters. The molecule has 0 radical (unpaired) electrons. The van der Waals surface area contributed by atoms with Gasteiger partial charge in [-0.15, -0.1) is 0 Å². The van der Waals surface area contributed by atoms with Crippen molar-refractivity contribution < 1.29 is 4.74 Å². The Morgan fingerprint density at radius 1 is 1.35 bits per heavy atom. The summed E-state index contributed by atoms with van der Waals surface area (Å²) in [6.07, 6.45) is 5.93. The van der Waals surface area contributed by atoms with E-state index in [1.807, 2.05) is 0 Å². The lowest BCUT2D eigenvalue weighted by molar-refractivity contribution is 0.0789. The van der Waals surface area contributed by atoms with Gasteiger partial charge in [-0.2, -0.15) is 5.26 Å². The van der Waals surface area contributed by atoms with Crippen LogP contribution in [0.1, 0.15) is 46.0 Å². The number of nitrogens with zero attached hydrogens (tertiary/aromatic N) is 1. The highest BCUT2D eigenvalue weighted by atomic mass is 16.5. The van der Waals surface area contributed by atoms with Gasteiger partial charge >= 0.3 is 0 Å². The summed E-state index contributed by atoms with van der Waals surface area (Å²) < 4.78 is 5.82. The van der Waals surface area contributed by atoms with Crippen molar-refractivity contribution in [1.82, 2.24) is 5.32 Å². The molecule has 3 heteroatoms. The van der Waals surface area contributed by atoms with Gasteiger partial charge in [-0.05, 0) is 37.0 Å². The molecule has 0 aromatic carbocycles. The highest BCUT2D eigenvalue weighted by Gasteiger charge is 2.40. The van der Waals surface area contributed by atoms with Crippen LogP contribution in [0.2, 0.25) is 0 Å². The number of nitrogens with one attached hydrogen (secondary N) is 1. The summed E-state index contributed by atoms with van der Waals surface area (Å²) in [6.45, 7) is 6.38. The summed E-state index contributed by atoms with van der Waals surface area (Å²) in [5.74, 6) is 0.817. The van der Waals surface area contributed by atoms with E-state index >= 15 is 0 Å². The maximum Gasteiger partial charge on any atom is 0.0756 e. The van der Waals surface area contributed by atoms with Crippen LogP contribution >= 0.6 is 0 Å². The van der Waals surface area contributed by atoms with Crippen LogP contribution in [-0.4, -0.2) is 25.3 Å². The predicted molar refractivity (Wildman–Crippen MR) is 67.5 cm³/mol. The average Bonchev–Trinajstić information content (AvgIpc) is 3.03. The summed E-state index contributed by atoms with van der Waals surface area (Å²) in [5, 5.41) is 12.3. The third-order valence-electron chi connectivity index (χ3n) is 3.98. The van der Waals surface area contributed by atoms with Gasteiger partial charge in [-0.3, -0.25) is 0 Å². The third-order valence-corrected chi connectivity index (χ3v) is 3.98. The molecular formula is C14H24N2O. The van der Waals surface area contributed by atoms with E-state index in [2.05, 4.69) is 25.2 Å². The molecule has 2 aliphatic rings. The SMILES string of the molecule is CC(C)(CCC#N)CNC1CCOC1C1CC1. The van der Waals surface area contributed by atoms with E-state index in [0.717, 1.165) is 31.9 Å². The van der Waals surface area contributed by atoms with Gasteiger partial charge in [0.2, 0.25) is 0 Å². The monoisotopic (exact) mass is 236 g/mol. The molecule has 0 aromatic rings. The van der Waals surface area contributed by atoms with Gasteiger partial charge in [0.25, 0.3) is 0 Å². The van der Waals surface area contributed by atoms with Crippen molar-refractivity contribution in [3.63, 3.8) is 0 Å². The zero-order valence-electron chi connectivity index (χ0n) is 11.0. The lowest BCUT2D eigenvalue weighted by atomic mass is 9.87. The smallest absolute Gasteiger partial charge is 0.0756 e. The largest absolute Gasteiger partial charge is 0.376 e. The molecule has 2 fully saturated rings. The molecule has 96 valence electrons. The second-order valence-electron chi connectivity index (χ2n) is 6.27. The van der Waals surface area contributed by atoms with Crippen LogP contribution in [0.5, 0.6) is 0 Å². The minimum atomic E-state index is 0.215. The van der Waals surface area contributed by atoms with Crippen molar-refractivity contribution in [2.24, 2.45) is 11.3 Å². The van der Waals surface area contributed by atoms with E-state index in [1.54, 1.807) is 0 Å². The van der Waals surface area contributed by atoms with Gasteiger partial charge < -0.3 is 10.1 Å². The number of hydrogen-bond acceptors (Lipinski definition) is 3. The van der Waals surface area contributed by atoms with Crippen molar-refractivity contribution >= 4 is 0 Å². The first kappa shape index (κ1) is 12.9. The Bertz CT molecular complexity index is 291. The van der Waals surface area contributed by atoms with E-state index in [9.17, 15) is 0 Å². The van der Waals surface area contributed by atoms with Crippen LogP contribution < -0.4 is 5.32 Å². The first-order valence-electron chi connectivity index (χ1n) is 6.84. The Hall–Kier alpha value is -0.590. The van der Waals surface area contributed by atoms with Gasteiger partial charge in [0.15, 0.2) is 0 Å². The fourth-order valence-corrected chi connectivity index (χ4v) is 2.61. The normalized spacial score (nSPS) is 29.2. The van der Waals surface area contributed by atoms with E-state index in [-0.39, 0.29) is 5.41 Å². The molecule has 1 N–H and O–H groups in total. The molecule has 0 bridgehead atoms. The molecule has 1 saturated heterocycles. The van der Waals surface area contributed by atoms with E-state index in [1.165, 1.54) is 12.8 Å². The van der Waals surface area contributed by atoms with Crippen molar-refractivity contribution in [1.29, 1.82) is 5.26 Å². The van der Waals surface area contributed by atoms with E-state index in [4.69, 9.17) is 10.00 Å². The third kappa shape index (κ3) is 3.69. The highest BCUT2D eigenvalue weighted by molar-refractivity contribution is 4.94. The molecule has 1 saturated carbocycles. The molecule has 1 aliphatic heterocycles. The van der Waals surface area contributed by atoms with Gasteiger partial charge in [0, 0.05) is 25.6 Å². The molecule has 0 amide bonds. The Kier molecular flexibility index (Phi) is 4.06. The van der Waals surface area contributed by atoms with Gasteiger partial charge in [-0.1, -0.05) is 13.8 Å². The highest BCUT2D eigenvalue weighted by Crippen LogP contribution is 2.39. The Balaban J connectivity index is 1.75. The zero-order valence-corrected chi connectivity index (χ0v) is 11.0. The quantitative estimate of drug-likeness (QED) is 0.770. The van der Waals surface area contributed by atoms with Gasteiger partial charge in [-0.25, -0.2) is 0 Å². The average molecular weight is 236 g/mol. The van der Waals surface area contributed by atoms with Crippen molar-refractivity contribution in [3.8, 4) is 6.07 Å². The van der Waals surface area contributed by atoms with Crippen LogP contribution in [0.15, 0.2) is 0 Å². The molecule has 1 heterocycles. The maximum absolute atomic E-state index is 8.64. The molecule has 3 nitrogen and oxygen atoms in total. The lowest BCUT2D eigenvalue weighted by Gasteiger charge is -2.28.